The van der Waals surface area contributed by atoms with Crippen LogP contribution in [0.4, 0.5) is 5.69 Å². The van der Waals surface area contributed by atoms with E-state index in [9.17, 15) is 9.00 Å². The molecule has 15 heavy (non-hydrogen) atoms. The van der Waals surface area contributed by atoms with Gasteiger partial charge in [0.15, 0.2) is 11.1 Å². The first-order valence-corrected chi connectivity index (χ1v) is 5.66. The molecule has 4 nitrogen and oxygen atoms in total. The average Bonchev–Trinajstić information content (AvgIpc) is 2.17. The monoisotopic (exact) mass is 227 g/mol. The van der Waals surface area contributed by atoms with Crippen LogP contribution in [0.1, 0.15) is 18.9 Å². The molecule has 0 aliphatic carbocycles. The van der Waals surface area contributed by atoms with Crippen LogP contribution in [0.25, 0.3) is 0 Å². The Labute approximate surface area is 91.0 Å². The van der Waals surface area contributed by atoms with E-state index in [-0.39, 0.29) is 5.91 Å². The van der Waals surface area contributed by atoms with Crippen molar-refractivity contribution in [3.63, 3.8) is 0 Å². The van der Waals surface area contributed by atoms with Gasteiger partial charge in [0, 0.05) is 12.1 Å². The molecule has 0 heterocycles. The number of benzene rings is 1. The van der Waals surface area contributed by atoms with Crippen LogP contribution in [-0.4, -0.2) is 14.7 Å². The Morgan fingerprint density at radius 2 is 2.20 bits per heavy atom. The Hall–Kier alpha value is -1.20. The minimum atomic E-state index is -1.98. The number of hydrogen-bond acceptors (Lipinski definition) is 2. The molecule has 1 unspecified atom stereocenters. The number of anilines is 1. The smallest absolute Gasteiger partial charge is 0.224 e. The van der Waals surface area contributed by atoms with E-state index in [1.807, 2.05) is 0 Å². The molecule has 5 heteroatoms. The summed E-state index contributed by atoms with van der Waals surface area (Å²) in [6.45, 7) is 3.49. The number of carbonyl (C=O) groups excluding carboxylic acids is 1. The van der Waals surface area contributed by atoms with Gasteiger partial charge in [-0.2, -0.15) is 0 Å². The summed E-state index contributed by atoms with van der Waals surface area (Å²) in [4.78, 5) is 11.5. The number of rotatable bonds is 3. The molecule has 82 valence electrons. The summed E-state index contributed by atoms with van der Waals surface area (Å²) in [5.74, 6) is -0.0766. The maximum atomic E-state index is 11.1. The maximum Gasteiger partial charge on any atom is 0.224 e. The van der Waals surface area contributed by atoms with Gasteiger partial charge in [0.2, 0.25) is 5.91 Å². The van der Waals surface area contributed by atoms with Crippen LogP contribution in [-0.2, 0) is 15.9 Å². The van der Waals surface area contributed by atoms with Crippen molar-refractivity contribution in [2.75, 3.05) is 5.32 Å². The van der Waals surface area contributed by atoms with Crippen molar-refractivity contribution in [2.45, 2.75) is 25.2 Å². The van der Waals surface area contributed by atoms with E-state index in [1.54, 1.807) is 26.0 Å². The molecule has 1 atom stereocenters. The van der Waals surface area contributed by atoms with Crippen LogP contribution in [0.2, 0.25) is 0 Å². The molecule has 0 saturated carbocycles. The Bertz CT molecular complexity index is 404. The molecule has 0 fully saturated rings. The lowest BCUT2D eigenvalue weighted by Gasteiger charge is -2.06. The topological polar surface area (TPSA) is 66.4 Å². The molecular weight excluding hydrogens is 214 g/mol. The third kappa shape index (κ3) is 3.14. The zero-order chi connectivity index (χ0) is 11.4. The lowest BCUT2D eigenvalue weighted by Crippen LogP contribution is -2.09. The quantitative estimate of drug-likeness (QED) is 0.775. The highest BCUT2D eigenvalue weighted by Gasteiger charge is 2.06. The first-order valence-electron chi connectivity index (χ1n) is 4.56. The summed E-state index contributed by atoms with van der Waals surface area (Å²) in [7, 11) is 0. The molecule has 0 spiro atoms. The van der Waals surface area contributed by atoms with Gasteiger partial charge in [0.1, 0.15) is 0 Å². The highest BCUT2D eigenvalue weighted by molar-refractivity contribution is 7.79. The second-order valence-electron chi connectivity index (χ2n) is 3.13. The number of nitrogens with one attached hydrogen (secondary N) is 1. The number of amides is 1. The Morgan fingerprint density at radius 3 is 2.67 bits per heavy atom. The summed E-state index contributed by atoms with van der Waals surface area (Å²) in [6, 6.07) is 4.83. The standard InChI is InChI=1S/C10H13NO3S/c1-3-10(12)11-8-4-5-9(15(13)14)7(2)6-8/h4-6H,3H2,1-2H3,(H,11,12)(H,13,14). The van der Waals surface area contributed by atoms with Crippen molar-refractivity contribution in [1.82, 2.24) is 0 Å². The lowest BCUT2D eigenvalue weighted by atomic mass is 10.2. The van der Waals surface area contributed by atoms with Crippen LogP contribution in [0.3, 0.4) is 0 Å². The van der Waals surface area contributed by atoms with Crippen molar-refractivity contribution in [2.24, 2.45) is 0 Å². The van der Waals surface area contributed by atoms with Gasteiger partial charge in [0.05, 0.1) is 4.90 Å². The third-order valence-electron chi connectivity index (χ3n) is 1.97. The number of aryl methyl sites for hydroxylation is 1. The van der Waals surface area contributed by atoms with Crippen LogP contribution in [0, 0.1) is 6.92 Å². The largest absolute Gasteiger partial charge is 0.326 e. The first kappa shape index (κ1) is 11.9. The number of carbonyl (C=O) groups is 1. The molecule has 1 rings (SSSR count). The summed E-state index contributed by atoms with van der Waals surface area (Å²) in [6.07, 6.45) is 0.409. The van der Waals surface area contributed by atoms with E-state index in [0.717, 1.165) is 0 Å². The molecule has 0 aliphatic heterocycles. The summed E-state index contributed by atoms with van der Waals surface area (Å²) < 4.78 is 19.7. The molecule has 2 N–H and O–H groups in total. The van der Waals surface area contributed by atoms with Gasteiger partial charge in [-0.15, -0.1) is 0 Å². The minimum Gasteiger partial charge on any atom is -0.326 e. The Kier molecular flexibility index (Phi) is 3.99. The highest BCUT2D eigenvalue weighted by Crippen LogP contribution is 2.17. The van der Waals surface area contributed by atoms with Crippen molar-refractivity contribution < 1.29 is 13.6 Å². The normalized spacial score (nSPS) is 12.2. The van der Waals surface area contributed by atoms with Gasteiger partial charge in [-0.05, 0) is 30.7 Å². The van der Waals surface area contributed by atoms with Gasteiger partial charge >= 0.3 is 0 Å². The second-order valence-corrected chi connectivity index (χ2v) is 4.07. The zero-order valence-corrected chi connectivity index (χ0v) is 9.43. The molecule has 0 saturated heterocycles. The summed E-state index contributed by atoms with van der Waals surface area (Å²) >= 11 is -1.98. The Morgan fingerprint density at radius 1 is 1.53 bits per heavy atom. The molecule has 0 radical (unpaired) electrons. The van der Waals surface area contributed by atoms with Crippen molar-refractivity contribution in [3.8, 4) is 0 Å². The molecular formula is C10H13NO3S. The van der Waals surface area contributed by atoms with Crippen LogP contribution < -0.4 is 5.32 Å². The second kappa shape index (κ2) is 5.04. The molecule has 0 aliphatic rings. The molecule has 1 amide bonds. The van der Waals surface area contributed by atoms with E-state index in [1.165, 1.54) is 6.07 Å². The van der Waals surface area contributed by atoms with Crippen molar-refractivity contribution >= 4 is 22.7 Å². The maximum absolute atomic E-state index is 11.1. The predicted octanol–water partition coefficient (Wildman–Crippen LogP) is 1.92. The minimum absolute atomic E-state index is 0.0766. The fourth-order valence-electron chi connectivity index (χ4n) is 1.17. The van der Waals surface area contributed by atoms with Gasteiger partial charge < -0.3 is 9.87 Å². The zero-order valence-electron chi connectivity index (χ0n) is 8.61. The van der Waals surface area contributed by atoms with Crippen LogP contribution >= 0.6 is 0 Å². The van der Waals surface area contributed by atoms with E-state index >= 15 is 0 Å². The SMILES string of the molecule is CCC(=O)Nc1ccc(S(=O)O)c(C)c1. The lowest BCUT2D eigenvalue weighted by molar-refractivity contribution is -0.115. The van der Waals surface area contributed by atoms with Gasteiger partial charge in [-0.25, -0.2) is 4.21 Å². The molecule has 0 aromatic heterocycles. The molecule has 0 bridgehead atoms. The number of hydrogen-bond donors (Lipinski definition) is 2. The average molecular weight is 227 g/mol. The van der Waals surface area contributed by atoms with Gasteiger partial charge in [0.25, 0.3) is 0 Å². The third-order valence-corrected chi connectivity index (χ3v) is 2.80. The van der Waals surface area contributed by atoms with Crippen molar-refractivity contribution in [1.29, 1.82) is 0 Å². The van der Waals surface area contributed by atoms with Gasteiger partial charge in [-0.1, -0.05) is 6.92 Å². The predicted molar refractivity (Wildman–Crippen MR) is 59.1 cm³/mol. The van der Waals surface area contributed by atoms with Crippen LogP contribution in [0.5, 0.6) is 0 Å². The molecule has 1 aromatic carbocycles. The highest BCUT2D eigenvalue weighted by atomic mass is 32.2. The van der Waals surface area contributed by atoms with E-state index in [2.05, 4.69) is 5.32 Å². The Balaban J connectivity index is 2.91. The van der Waals surface area contributed by atoms with E-state index in [4.69, 9.17) is 4.55 Å². The van der Waals surface area contributed by atoms with E-state index < -0.39 is 11.1 Å². The van der Waals surface area contributed by atoms with Gasteiger partial charge in [-0.3, -0.25) is 4.79 Å². The fraction of sp³-hybridized carbons (Fsp3) is 0.300. The van der Waals surface area contributed by atoms with Crippen LogP contribution in [0.15, 0.2) is 23.1 Å². The first-order chi connectivity index (χ1) is 7.04. The van der Waals surface area contributed by atoms with E-state index in [0.29, 0.717) is 22.6 Å². The molecule has 1 aromatic rings. The fourth-order valence-corrected chi connectivity index (χ4v) is 1.69. The van der Waals surface area contributed by atoms with Crippen molar-refractivity contribution in [3.05, 3.63) is 23.8 Å². The summed E-state index contributed by atoms with van der Waals surface area (Å²) in [5, 5.41) is 2.68. The summed E-state index contributed by atoms with van der Waals surface area (Å²) in [5.41, 5.74) is 1.33.